The Hall–Kier alpha value is -3.00. The molecule has 1 N–H and O–H groups in total. The van der Waals surface area contributed by atoms with Gasteiger partial charge >= 0.3 is 0 Å². The second-order valence-electron chi connectivity index (χ2n) is 5.81. The van der Waals surface area contributed by atoms with Crippen LogP contribution >= 0.6 is 0 Å². The van der Waals surface area contributed by atoms with Crippen LogP contribution in [0.1, 0.15) is 0 Å². The highest BCUT2D eigenvalue weighted by molar-refractivity contribution is 5.92. The largest absolute Gasteiger partial charge is 0.354 e. The van der Waals surface area contributed by atoms with E-state index >= 15 is 0 Å². The Morgan fingerprint density at radius 2 is 1.96 bits per heavy atom. The molecule has 2 aromatic rings. The van der Waals surface area contributed by atoms with E-state index in [1.54, 1.807) is 18.3 Å². The van der Waals surface area contributed by atoms with Crippen molar-refractivity contribution in [1.29, 1.82) is 0 Å². The molecule has 0 saturated carbocycles. The number of nitro groups is 1. The quantitative estimate of drug-likeness (QED) is 0.658. The minimum absolute atomic E-state index is 0.0400. The normalized spacial score (nSPS) is 15.0. The zero-order valence-corrected chi connectivity index (χ0v) is 13.7. The smallest absolute Gasteiger partial charge is 0.271 e. The summed E-state index contributed by atoms with van der Waals surface area (Å²) in [5.74, 6) is 0.773. The molecule has 130 valence electrons. The van der Waals surface area contributed by atoms with Crippen LogP contribution in [0.15, 0.2) is 48.7 Å². The number of pyridine rings is 1. The van der Waals surface area contributed by atoms with Gasteiger partial charge in [-0.25, -0.2) is 4.98 Å². The molecule has 1 aromatic heterocycles. The Morgan fingerprint density at radius 3 is 2.64 bits per heavy atom. The van der Waals surface area contributed by atoms with Gasteiger partial charge in [0.1, 0.15) is 5.82 Å². The molecule has 25 heavy (non-hydrogen) atoms. The number of amides is 1. The number of nitrogens with one attached hydrogen (secondary N) is 1. The molecule has 0 aliphatic carbocycles. The monoisotopic (exact) mass is 341 g/mol. The first-order valence-electron chi connectivity index (χ1n) is 8.04. The van der Waals surface area contributed by atoms with E-state index in [9.17, 15) is 14.9 Å². The van der Waals surface area contributed by atoms with Crippen molar-refractivity contribution in [3.63, 3.8) is 0 Å². The SMILES string of the molecule is O=C(CN1CCN(c2ccccn2)CC1)Nc1cccc([N+](=O)[O-])c1. The number of benzene rings is 1. The van der Waals surface area contributed by atoms with Crippen molar-refractivity contribution in [3.05, 3.63) is 58.8 Å². The molecule has 1 aliphatic rings. The van der Waals surface area contributed by atoms with Crippen LogP contribution in [0.25, 0.3) is 0 Å². The first-order chi connectivity index (χ1) is 12.1. The van der Waals surface area contributed by atoms with E-state index in [2.05, 4.69) is 20.1 Å². The maximum atomic E-state index is 12.2. The molecular weight excluding hydrogens is 322 g/mol. The van der Waals surface area contributed by atoms with Crippen LogP contribution in [-0.2, 0) is 4.79 Å². The highest BCUT2D eigenvalue weighted by Gasteiger charge is 2.20. The first-order valence-corrected chi connectivity index (χ1v) is 8.04. The standard InChI is InChI=1S/C17H19N5O3/c23-17(19-14-4-3-5-15(12-14)22(24)25)13-20-8-10-21(11-9-20)16-6-1-2-7-18-16/h1-7,12H,8-11,13H2,(H,19,23). The van der Waals surface area contributed by atoms with Crippen LogP contribution in [0, 0.1) is 10.1 Å². The number of carbonyl (C=O) groups is 1. The van der Waals surface area contributed by atoms with Gasteiger partial charge in [-0.1, -0.05) is 12.1 Å². The molecule has 0 atom stereocenters. The van der Waals surface area contributed by atoms with E-state index in [0.29, 0.717) is 5.69 Å². The third-order valence-electron chi connectivity index (χ3n) is 4.05. The number of rotatable bonds is 5. The van der Waals surface area contributed by atoms with Crippen molar-refractivity contribution < 1.29 is 9.72 Å². The van der Waals surface area contributed by atoms with Crippen molar-refractivity contribution in [2.75, 3.05) is 42.9 Å². The Kier molecular flexibility index (Phi) is 5.20. The van der Waals surface area contributed by atoms with Crippen LogP contribution in [0.3, 0.4) is 0 Å². The molecule has 1 fully saturated rings. The van der Waals surface area contributed by atoms with E-state index in [-0.39, 0.29) is 18.1 Å². The molecule has 1 saturated heterocycles. The third kappa shape index (κ3) is 4.51. The van der Waals surface area contributed by atoms with E-state index in [0.717, 1.165) is 32.0 Å². The summed E-state index contributed by atoms with van der Waals surface area (Å²) in [4.78, 5) is 31.1. The van der Waals surface area contributed by atoms with E-state index in [1.165, 1.54) is 12.1 Å². The number of hydrogen-bond acceptors (Lipinski definition) is 6. The zero-order chi connectivity index (χ0) is 17.6. The number of aromatic nitrogens is 1. The van der Waals surface area contributed by atoms with E-state index < -0.39 is 4.92 Å². The highest BCUT2D eigenvalue weighted by Crippen LogP contribution is 2.17. The van der Waals surface area contributed by atoms with E-state index in [4.69, 9.17) is 0 Å². The van der Waals surface area contributed by atoms with Gasteiger partial charge in [-0.15, -0.1) is 0 Å². The van der Waals surface area contributed by atoms with Gasteiger partial charge < -0.3 is 10.2 Å². The van der Waals surface area contributed by atoms with Gasteiger partial charge in [0.05, 0.1) is 11.5 Å². The average molecular weight is 341 g/mol. The summed E-state index contributed by atoms with van der Waals surface area (Å²) < 4.78 is 0. The lowest BCUT2D eigenvalue weighted by molar-refractivity contribution is -0.384. The minimum Gasteiger partial charge on any atom is -0.354 e. The van der Waals surface area contributed by atoms with Crippen LogP contribution < -0.4 is 10.2 Å². The highest BCUT2D eigenvalue weighted by atomic mass is 16.6. The van der Waals surface area contributed by atoms with Crippen molar-refractivity contribution in [2.45, 2.75) is 0 Å². The number of carbonyl (C=O) groups excluding carboxylic acids is 1. The molecule has 8 nitrogen and oxygen atoms in total. The van der Waals surface area contributed by atoms with Gasteiger partial charge in [-0.2, -0.15) is 0 Å². The molecule has 1 aromatic carbocycles. The Balaban J connectivity index is 1.49. The second-order valence-corrected chi connectivity index (χ2v) is 5.81. The lowest BCUT2D eigenvalue weighted by atomic mass is 10.2. The number of non-ortho nitro benzene ring substituents is 1. The third-order valence-corrected chi connectivity index (χ3v) is 4.05. The van der Waals surface area contributed by atoms with Crippen LogP contribution in [0.5, 0.6) is 0 Å². The van der Waals surface area contributed by atoms with Crippen molar-refractivity contribution >= 4 is 23.1 Å². The van der Waals surface area contributed by atoms with Crippen molar-refractivity contribution in [2.24, 2.45) is 0 Å². The first kappa shape index (κ1) is 16.8. The molecule has 1 aliphatic heterocycles. The van der Waals surface area contributed by atoms with Crippen LogP contribution in [-0.4, -0.2) is 53.4 Å². The summed E-state index contributed by atoms with van der Waals surface area (Å²) >= 11 is 0. The van der Waals surface area contributed by atoms with Gasteiger partial charge in [0.25, 0.3) is 5.69 Å². The van der Waals surface area contributed by atoms with E-state index in [1.807, 2.05) is 18.2 Å². The number of nitro benzene ring substituents is 1. The van der Waals surface area contributed by atoms with Crippen molar-refractivity contribution in [3.8, 4) is 0 Å². The zero-order valence-electron chi connectivity index (χ0n) is 13.7. The van der Waals surface area contributed by atoms with Gasteiger partial charge in [0.15, 0.2) is 0 Å². The summed E-state index contributed by atoms with van der Waals surface area (Å²) in [6.07, 6.45) is 1.77. The van der Waals surface area contributed by atoms with Crippen LogP contribution in [0.4, 0.5) is 17.2 Å². The van der Waals surface area contributed by atoms with Gasteiger partial charge in [-0.05, 0) is 18.2 Å². The topological polar surface area (TPSA) is 91.6 Å². The molecule has 0 bridgehead atoms. The molecular formula is C17H19N5O3. The van der Waals surface area contributed by atoms with Gasteiger partial charge in [0, 0.05) is 50.2 Å². The molecule has 0 unspecified atom stereocenters. The van der Waals surface area contributed by atoms with Crippen molar-refractivity contribution in [1.82, 2.24) is 9.88 Å². The van der Waals surface area contributed by atoms with Crippen LogP contribution in [0.2, 0.25) is 0 Å². The fraction of sp³-hybridized carbons (Fsp3) is 0.294. The van der Waals surface area contributed by atoms with Gasteiger partial charge in [-0.3, -0.25) is 19.8 Å². The number of hydrogen-bond donors (Lipinski definition) is 1. The summed E-state index contributed by atoms with van der Waals surface area (Å²) in [6, 6.07) is 11.8. The fourth-order valence-electron chi connectivity index (χ4n) is 2.78. The molecule has 1 amide bonds. The second kappa shape index (κ2) is 7.71. The Bertz CT molecular complexity index is 745. The molecule has 0 radical (unpaired) electrons. The van der Waals surface area contributed by atoms with Gasteiger partial charge in [0.2, 0.25) is 5.91 Å². The fourth-order valence-corrected chi connectivity index (χ4v) is 2.78. The average Bonchev–Trinajstić information content (AvgIpc) is 2.63. The maximum Gasteiger partial charge on any atom is 0.271 e. The Morgan fingerprint density at radius 1 is 1.16 bits per heavy atom. The number of piperazine rings is 1. The Labute approximate surface area is 145 Å². The summed E-state index contributed by atoms with van der Waals surface area (Å²) in [7, 11) is 0. The predicted molar refractivity (Wildman–Crippen MR) is 94.6 cm³/mol. The lowest BCUT2D eigenvalue weighted by Crippen LogP contribution is -2.48. The summed E-state index contributed by atoms with van der Waals surface area (Å²) in [5.41, 5.74) is 0.396. The minimum atomic E-state index is -0.480. The molecule has 2 heterocycles. The summed E-state index contributed by atoms with van der Waals surface area (Å²) in [6.45, 7) is 3.40. The molecule has 0 spiro atoms. The number of anilines is 2. The lowest BCUT2D eigenvalue weighted by Gasteiger charge is -2.34. The maximum absolute atomic E-state index is 12.2. The molecule has 8 heteroatoms. The number of nitrogens with zero attached hydrogens (tertiary/aromatic N) is 4. The summed E-state index contributed by atoms with van der Waals surface area (Å²) in [5, 5.41) is 13.5. The predicted octanol–water partition coefficient (Wildman–Crippen LogP) is 1.75. The molecule has 3 rings (SSSR count).